The van der Waals surface area contributed by atoms with Crippen LogP contribution >= 0.6 is 0 Å². The summed E-state index contributed by atoms with van der Waals surface area (Å²) >= 11 is 0. The molecule has 0 fully saturated rings. The number of alkyl carbamates (subject to hydrolysis) is 1. The standard InChI is InChI=1S/C24H37N5O4/c1-24(2,25)22(31)28-20(18-9-4-3-5-10-18)11-8-12-21-19(17-27-29-21)13-16-33-23(32)26-14-6-7-15-30/h3-5,9-10,17,20,30H,6-8,11-16,25H2,1-2H3,(H,26,32)(H,27,29)(H,28,31). The zero-order chi connectivity index (χ0) is 24.1. The Kier molecular flexibility index (Phi) is 10.9. The predicted molar refractivity (Wildman–Crippen MR) is 126 cm³/mol. The number of benzene rings is 1. The molecule has 1 aromatic heterocycles. The predicted octanol–water partition coefficient (Wildman–Crippen LogP) is 2.37. The van der Waals surface area contributed by atoms with Gasteiger partial charge in [0.05, 0.1) is 24.4 Å². The summed E-state index contributed by atoms with van der Waals surface area (Å²) in [6, 6.07) is 9.73. The van der Waals surface area contributed by atoms with Crippen LogP contribution < -0.4 is 16.4 Å². The molecular formula is C24H37N5O4. The Morgan fingerprint density at radius 3 is 2.64 bits per heavy atom. The van der Waals surface area contributed by atoms with Gasteiger partial charge in [-0.2, -0.15) is 5.10 Å². The molecule has 2 rings (SSSR count). The highest BCUT2D eigenvalue weighted by molar-refractivity contribution is 5.85. The molecule has 0 saturated heterocycles. The average Bonchev–Trinajstić information content (AvgIpc) is 3.23. The molecule has 1 atom stereocenters. The van der Waals surface area contributed by atoms with Crippen molar-refractivity contribution in [3.63, 3.8) is 0 Å². The smallest absolute Gasteiger partial charge is 0.407 e. The lowest BCUT2D eigenvalue weighted by Gasteiger charge is -2.25. The third-order valence-electron chi connectivity index (χ3n) is 5.28. The number of aromatic amines is 1. The first-order valence-corrected chi connectivity index (χ1v) is 11.5. The van der Waals surface area contributed by atoms with Crippen LogP contribution in [0.1, 0.15) is 62.4 Å². The Labute approximate surface area is 195 Å². The molecule has 182 valence electrons. The monoisotopic (exact) mass is 459 g/mol. The van der Waals surface area contributed by atoms with Gasteiger partial charge in [0.2, 0.25) is 5.91 Å². The van der Waals surface area contributed by atoms with Crippen molar-refractivity contribution in [1.82, 2.24) is 20.8 Å². The summed E-state index contributed by atoms with van der Waals surface area (Å²) in [5, 5.41) is 21.7. The summed E-state index contributed by atoms with van der Waals surface area (Å²) in [7, 11) is 0. The number of unbranched alkanes of at least 4 members (excludes halogenated alkanes) is 1. The molecule has 0 aliphatic carbocycles. The minimum Gasteiger partial charge on any atom is -0.449 e. The van der Waals surface area contributed by atoms with E-state index in [1.165, 1.54) is 0 Å². The average molecular weight is 460 g/mol. The molecule has 0 bridgehead atoms. The van der Waals surface area contributed by atoms with Gasteiger partial charge < -0.3 is 26.2 Å². The minimum atomic E-state index is -0.950. The molecule has 9 nitrogen and oxygen atoms in total. The van der Waals surface area contributed by atoms with Gasteiger partial charge in [-0.1, -0.05) is 30.3 Å². The van der Waals surface area contributed by atoms with Crippen LogP contribution in [0.15, 0.2) is 36.5 Å². The van der Waals surface area contributed by atoms with Crippen molar-refractivity contribution in [2.24, 2.45) is 5.73 Å². The summed E-state index contributed by atoms with van der Waals surface area (Å²) in [4.78, 5) is 24.2. The van der Waals surface area contributed by atoms with E-state index in [4.69, 9.17) is 15.6 Å². The van der Waals surface area contributed by atoms with Crippen molar-refractivity contribution >= 4 is 12.0 Å². The number of aliphatic hydroxyl groups excluding tert-OH is 1. The van der Waals surface area contributed by atoms with Gasteiger partial charge in [0.1, 0.15) is 0 Å². The number of hydrogen-bond acceptors (Lipinski definition) is 6. The first-order chi connectivity index (χ1) is 15.8. The highest BCUT2D eigenvalue weighted by Crippen LogP contribution is 2.21. The molecule has 33 heavy (non-hydrogen) atoms. The van der Waals surface area contributed by atoms with E-state index in [2.05, 4.69) is 20.8 Å². The molecule has 0 aliphatic heterocycles. The van der Waals surface area contributed by atoms with Crippen LogP contribution in [0.4, 0.5) is 4.79 Å². The number of nitrogens with two attached hydrogens (primary N) is 1. The van der Waals surface area contributed by atoms with E-state index in [1.807, 2.05) is 30.3 Å². The van der Waals surface area contributed by atoms with E-state index >= 15 is 0 Å². The number of ether oxygens (including phenoxy) is 1. The first kappa shape index (κ1) is 26.3. The van der Waals surface area contributed by atoms with E-state index < -0.39 is 11.6 Å². The molecule has 1 unspecified atom stereocenters. The molecule has 0 spiro atoms. The lowest BCUT2D eigenvalue weighted by Crippen LogP contribution is -2.50. The van der Waals surface area contributed by atoms with E-state index in [0.717, 1.165) is 36.1 Å². The van der Waals surface area contributed by atoms with Gasteiger partial charge in [0.15, 0.2) is 0 Å². The van der Waals surface area contributed by atoms with Crippen LogP contribution in [0.2, 0.25) is 0 Å². The summed E-state index contributed by atoms with van der Waals surface area (Å²) in [5.41, 5.74) is 8.06. The molecule has 2 amide bonds. The Balaban J connectivity index is 1.83. The Hall–Kier alpha value is -2.91. The second-order valence-corrected chi connectivity index (χ2v) is 8.67. The van der Waals surface area contributed by atoms with Crippen LogP contribution in [0.5, 0.6) is 0 Å². The summed E-state index contributed by atoms with van der Waals surface area (Å²) in [6.07, 6.45) is 5.56. The van der Waals surface area contributed by atoms with E-state index in [-0.39, 0.29) is 25.2 Å². The highest BCUT2D eigenvalue weighted by Gasteiger charge is 2.25. The summed E-state index contributed by atoms with van der Waals surface area (Å²) in [6.45, 7) is 4.24. The lowest BCUT2D eigenvalue weighted by atomic mass is 9.97. The largest absolute Gasteiger partial charge is 0.449 e. The van der Waals surface area contributed by atoms with Crippen LogP contribution in [-0.4, -0.2) is 52.6 Å². The van der Waals surface area contributed by atoms with Crippen LogP contribution in [0.25, 0.3) is 0 Å². The molecule has 6 N–H and O–H groups in total. The highest BCUT2D eigenvalue weighted by atomic mass is 16.5. The van der Waals surface area contributed by atoms with Crippen molar-refractivity contribution < 1.29 is 19.4 Å². The maximum atomic E-state index is 12.5. The van der Waals surface area contributed by atoms with Crippen LogP contribution in [0.3, 0.4) is 0 Å². The van der Waals surface area contributed by atoms with Gasteiger partial charge in [-0.3, -0.25) is 9.89 Å². The second kappa shape index (κ2) is 13.6. The fourth-order valence-corrected chi connectivity index (χ4v) is 3.34. The fraction of sp³-hybridized carbons (Fsp3) is 0.542. The molecule has 1 aromatic carbocycles. The lowest BCUT2D eigenvalue weighted by molar-refractivity contribution is -0.126. The molecule has 1 heterocycles. The number of nitrogens with one attached hydrogen (secondary N) is 3. The van der Waals surface area contributed by atoms with E-state index in [1.54, 1.807) is 20.0 Å². The zero-order valence-electron chi connectivity index (χ0n) is 19.6. The van der Waals surface area contributed by atoms with Gasteiger partial charge in [-0.05, 0) is 57.1 Å². The molecule has 2 aromatic rings. The molecular weight excluding hydrogens is 422 g/mol. The summed E-state index contributed by atoms with van der Waals surface area (Å²) < 4.78 is 5.21. The number of rotatable bonds is 14. The van der Waals surface area contributed by atoms with Crippen molar-refractivity contribution in [3.05, 3.63) is 53.3 Å². The second-order valence-electron chi connectivity index (χ2n) is 8.67. The number of aryl methyl sites for hydroxylation is 1. The maximum Gasteiger partial charge on any atom is 0.407 e. The number of aliphatic hydroxyl groups is 1. The normalized spacial score (nSPS) is 12.2. The topological polar surface area (TPSA) is 142 Å². The molecule has 0 aliphatic rings. The number of amides is 2. The Bertz CT molecular complexity index is 848. The van der Waals surface area contributed by atoms with Gasteiger partial charge in [0, 0.05) is 25.3 Å². The van der Waals surface area contributed by atoms with E-state index in [0.29, 0.717) is 25.8 Å². The number of aromatic nitrogens is 2. The van der Waals surface area contributed by atoms with Crippen molar-refractivity contribution in [3.8, 4) is 0 Å². The van der Waals surface area contributed by atoms with Gasteiger partial charge >= 0.3 is 6.09 Å². The quantitative estimate of drug-likeness (QED) is 0.275. The number of H-pyrrole nitrogens is 1. The molecule has 0 saturated carbocycles. The Morgan fingerprint density at radius 1 is 1.18 bits per heavy atom. The van der Waals surface area contributed by atoms with Gasteiger partial charge in [0.25, 0.3) is 0 Å². The first-order valence-electron chi connectivity index (χ1n) is 11.5. The van der Waals surface area contributed by atoms with Crippen molar-refractivity contribution in [2.45, 2.75) is 64.0 Å². The number of carbonyl (C=O) groups is 2. The van der Waals surface area contributed by atoms with Crippen molar-refractivity contribution in [1.29, 1.82) is 0 Å². The third-order valence-corrected chi connectivity index (χ3v) is 5.28. The third kappa shape index (κ3) is 9.63. The van der Waals surface area contributed by atoms with Crippen LogP contribution in [0, 0.1) is 0 Å². The molecule has 0 radical (unpaired) electrons. The SMILES string of the molecule is CC(C)(N)C(=O)NC(CCCc1[nH]ncc1CCOC(=O)NCCCCO)c1ccccc1. The van der Waals surface area contributed by atoms with Gasteiger partial charge in [-0.25, -0.2) is 4.79 Å². The maximum absolute atomic E-state index is 12.5. The number of nitrogens with zero attached hydrogens (tertiary/aromatic N) is 1. The Morgan fingerprint density at radius 2 is 1.94 bits per heavy atom. The van der Waals surface area contributed by atoms with Crippen LogP contribution in [-0.2, 0) is 22.4 Å². The fourth-order valence-electron chi connectivity index (χ4n) is 3.34. The summed E-state index contributed by atoms with van der Waals surface area (Å²) in [5.74, 6) is -0.189. The number of carbonyl (C=O) groups excluding carboxylic acids is 2. The van der Waals surface area contributed by atoms with E-state index in [9.17, 15) is 9.59 Å². The van der Waals surface area contributed by atoms with Crippen molar-refractivity contribution in [2.75, 3.05) is 19.8 Å². The zero-order valence-corrected chi connectivity index (χ0v) is 19.6. The molecule has 9 heteroatoms. The number of hydrogen-bond donors (Lipinski definition) is 5. The minimum absolute atomic E-state index is 0.115. The van der Waals surface area contributed by atoms with Gasteiger partial charge in [-0.15, -0.1) is 0 Å².